The zero-order chi connectivity index (χ0) is 23.4. The number of nitrogens with zero attached hydrogens (tertiary/aromatic N) is 1. The summed E-state index contributed by atoms with van der Waals surface area (Å²) in [4.78, 5) is 38.6. The third-order valence-corrected chi connectivity index (χ3v) is 5.95. The highest BCUT2D eigenvalue weighted by molar-refractivity contribution is 6.30. The summed E-state index contributed by atoms with van der Waals surface area (Å²) in [6.07, 6.45) is 0.814. The molecule has 0 fully saturated rings. The molecule has 0 bridgehead atoms. The first-order valence-electron chi connectivity index (χ1n) is 10.7. The summed E-state index contributed by atoms with van der Waals surface area (Å²) in [6.45, 7) is 2.79. The minimum atomic E-state index is -0.451. The molecule has 0 radical (unpaired) electrons. The van der Waals surface area contributed by atoms with E-state index in [1.165, 1.54) is 0 Å². The predicted octanol–water partition coefficient (Wildman–Crippen LogP) is 5.56. The SMILES string of the molecule is Cc1ccccc1C(=O)Nc1ccc(C(=O)N2CCCC(OC=O)c3cc(Cl)ccc32)cc1. The van der Waals surface area contributed by atoms with E-state index in [-0.39, 0.29) is 11.8 Å². The van der Waals surface area contributed by atoms with Gasteiger partial charge in [0.2, 0.25) is 0 Å². The number of anilines is 2. The lowest BCUT2D eigenvalue weighted by Crippen LogP contribution is -2.31. The molecule has 168 valence electrons. The maximum Gasteiger partial charge on any atom is 0.293 e. The van der Waals surface area contributed by atoms with Crippen molar-refractivity contribution in [3.05, 3.63) is 94.0 Å². The van der Waals surface area contributed by atoms with Crippen molar-refractivity contribution in [1.82, 2.24) is 0 Å². The summed E-state index contributed by atoms with van der Waals surface area (Å²) in [7, 11) is 0. The first-order chi connectivity index (χ1) is 16.0. The number of hydrogen-bond acceptors (Lipinski definition) is 4. The minimum Gasteiger partial charge on any atom is -0.460 e. The molecule has 3 aromatic rings. The highest BCUT2D eigenvalue weighted by Crippen LogP contribution is 2.37. The Morgan fingerprint density at radius 1 is 1.09 bits per heavy atom. The summed E-state index contributed by atoms with van der Waals surface area (Å²) in [5.41, 5.74) is 3.96. The zero-order valence-corrected chi connectivity index (χ0v) is 18.8. The molecule has 4 rings (SSSR count). The Hall–Kier alpha value is -3.64. The van der Waals surface area contributed by atoms with Crippen molar-refractivity contribution >= 4 is 41.3 Å². The number of hydrogen-bond donors (Lipinski definition) is 1. The lowest BCUT2D eigenvalue weighted by molar-refractivity contribution is -0.134. The van der Waals surface area contributed by atoms with E-state index in [9.17, 15) is 14.4 Å². The molecular weight excluding hydrogens is 440 g/mol. The Balaban J connectivity index is 1.55. The first kappa shape index (κ1) is 22.6. The molecule has 1 heterocycles. The molecule has 0 saturated heterocycles. The van der Waals surface area contributed by atoms with Gasteiger partial charge in [-0.15, -0.1) is 0 Å². The number of benzene rings is 3. The van der Waals surface area contributed by atoms with Gasteiger partial charge in [0.15, 0.2) is 0 Å². The molecule has 6 nitrogen and oxygen atoms in total. The number of carbonyl (C=O) groups is 3. The molecule has 1 aliphatic rings. The smallest absolute Gasteiger partial charge is 0.293 e. The standard InChI is InChI=1S/C26H23ClN2O4/c1-17-5-2-3-6-21(17)25(31)28-20-11-8-18(9-12-20)26(32)29-14-4-7-24(33-16-30)22-15-19(27)10-13-23(22)29/h2-3,5-6,8-13,15-16,24H,4,7,14H2,1H3,(H,28,31). The number of ether oxygens (including phenoxy) is 1. The van der Waals surface area contributed by atoms with Gasteiger partial charge >= 0.3 is 0 Å². The quantitative estimate of drug-likeness (QED) is 0.504. The van der Waals surface area contributed by atoms with Crippen LogP contribution in [0.25, 0.3) is 0 Å². The molecular formula is C26H23ClN2O4. The fourth-order valence-electron chi connectivity index (χ4n) is 4.04. The molecule has 0 aromatic heterocycles. The van der Waals surface area contributed by atoms with Gasteiger partial charge in [-0.05, 0) is 73.9 Å². The maximum absolute atomic E-state index is 13.4. The number of carbonyl (C=O) groups excluding carboxylic acids is 3. The monoisotopic (exact) mass is 462 g/mol. The summed E-state index contributed by atoms with van der Waals surface area (Å²) in [5, 5.41) is 3.38. The Morgan fingerprint density at radius 3 is 2.58 bits per heavy atom. The van der Waals surface area contributed by atoms with E-state index in [2.05, 4.69) is 5.32 Å². The molecule has 1 unspecified atom stereocenters. The average Bonchev–Trinajstić information content (AvgIpc) is 2.99. The molecule has 2 amide bonds. The van der Waals surface area contributed by atoms with Gasteiger partial charge in [0, 0.05) is 33.9 Å². The van der Waals surface area contributed by atoms with Gasteiger partial charge in [-0.25, -0.2) is 0 Å². The third-order valence-electron chi connectivity index (χ3n) is 5.72. The van der Waals surface area contributed by atoms with Crippen LogP contribution >= 0.6 is 11.6 Å². The van der Waals surface area contributed by atoms with Crippen LogP contribution < -0.4 is 10.2 Å². The lowest BCUT2D eigenvalue weighted by Gasteiger charge is -2.24. The van der Waals surface area contributed by atoms with Crippen LogP contribution in [0.15, 0.2) is 66.7 Å². The normalized spacial score (nSPS) is 15.2. The van der Waals surface area contributed by atoms with Crippen LogP contribution in [0.3, 0.4) is 0 Å². The van der Waals surface area contributed by atoms with Gasteiger partial charge in [-0.1, -0.05) is 29.8 Å². The van der Waals surface area contributed by atoms with Gasteiger partial charge in [-0.2, -0.15) is 0 Å². The Morgan fingerprint density at radius 2 is 1.85 bits per heavy atom. The van der Waals surface area contributed by atoms with Crippen LogP contribution in [-0.2, 0) is 9.53 Å². The molecule has 0 saturated carbocycles. The maximum atomic E-state index is 13.4. The molecule has 1 aliphatic heterocycles. The third kappa shape index (κ3) is 4.91. The number of aryl methyl sites for hydroxylation is 1. The molecule has 7 heteroatoms. The van der Waals surface area contributed by atoms with Gasteiger partial charge in [0.05, 0.1) is 5.69 Å². The predicted molar refractivity (Wildman–Crippen MR) is 128 cm³/mol. The van der Waals surface area contributed by atoms with Gasteiger partial charge in [-0.3, -0.25) is 14.4 Å². The first-order valence-corrected chi connectivity index (χ1v) is 11.0. The molecule has 1 atom stereocenters. The summed E-state index contributed by atoms with van der Waals surface area (Å²) in [6, 6.07) is 19.4. The van der Waals surface area contributed by atoms with Crippen LogP contribution in [0, 0.1) is 6.92 Å². The molecule has 0 aliphatic carbocycles. The van der Waals surface area contributed by atoms with E-state index in [0.717, 1.165) is 5.56 Å². The lowest BCUT2D eigenvalue weighted by atomic mass is 10.0. The van der Waals surface area contributed by atoms with Crippen LogP contribution in [0.1, 0.15) is 50.8 Å². The van der Waals surface area contributed by atoms with Crippen molar-refractivity contribution in [1.29, 1.82) is 0 Å². The number of rotatable bonds is 5. The summed E-state index contributed by atoms with van der Waals surface area (Å²) in [5.74, 6) is -0.381. The van der Waals surface area contributed by atoms with E-state index >= 15 is 0 Å². The van der Waals surface area contributed by atoms with Crippen molar-refractivity contribution in [3.63, 3.8) is 0 Å². The summed E-state index contributed by atoms with van der Waals surface area (Å²) >= 11 is 6.17. The van der Waals surface area contributed by atoms with Crippen LogP contribution in [0.2, 0.25) is 5.02 Å². The van der Waals surface area contributed by atoms with Crippen LogP contribution in [0.5, 0.6) is 0 Å². The number of nitrogens with one attached hydrogen (secondary N) is 1. The Labute approximate surface area is 197 Å². The van der Waals surface area contributed by atoms with Crippen molar-refractivity contribution in [2.24, 2.45) is 0 Å². The highest BCUT2D eigenvalue weighted by atomic mass is 35.5. The van der Waals surface area contributed by atoms with Crippen molar-refractivity contribution in [2.45, 2.75) is 25.9 Å². The van der Waals surface area contributed by atoms with Crippen molar-refractivity contribution in [3.8, 4) is 0 Å². The fraction of sp³-hybridized carbons (Fsp3) is 0.192. The molecule has 0 spiro atoms. The zero-order valence-electron chi connectivity index (χ0n) is 18.1. The van der Waals surface area contributed by atoms with E-state index in [1.807, 2.05) is 25.1 Å². The van der Waals surface area contributed by atoms with Crippen molar-refractivity contribution < 1.29 is 19.1 Å². The topological polar surface area (TPSA) is 75.7 Å². The van der Waals surface area contributed by atoms with E-state index in [1.54, 1.807) is 53.4 Å². The van der Waals surface area contributed by atoms with E-state index in [4.69, 9.17) is 16.3 Å². The molecule has 33 heavy (non-hydrogen) atoms. The molecule has 1 N–H and O–H groups in total. The minimum absolute atomic E-state index is 0.179. The van der Waals surface area contributed by atoms with Gasteiger partial charge < -0.3 is 15.0 Å². The Kier molecular flexibility index (Phi) is 6.75. The summed E-state index contributed by atoms with van der Waals surface area (Å²) < 4.78 is 5.26. The van der Waals surface area contributed by atoms with Gasteiger partial charge in [0.1, 0.15) is 6.10 Å². The number of halogens is 1. The number of amides is 2. The molecule has 3 aromatic carbocycles. The fourth-order valence-corrected chi connectivity index (χ4v) is 4.22. The van der Waals surface area contributed by atoms with Crippen molar-refractivity contribution in [2.75, 3.05) is 16.8 Å². The highest BCUT2D eigenvalue weighted by Gasteiger charge is 2.28. The second-order valence-corrected chi connectivity index (χ2v) is 8.31. The largest absolute Gasteiger partial charge is 0.460 e. The second kappa shape index (κ2) is 9.88. The van der Waals surface area contributed by atoms with E-state index in [0.29, 0.717) is 58.9 Å². The van der Waals surface area contributed by atoms with E-state index < -0.39 is 6.10 Å². The second-order valence-electron chi connectivity index (χ2n) is 7.87. The number of fused-ring (bicyclic) bond motifs is 1. The van der Waals surface area contributed by atoms with Gasteiger partial charge in [0.25, 0.3) is 18.3 Å². The van der Waals surface area contributed by atoms with Crippen LogP contribution in [0.4, 0.5) is 11.4 Å². The van der Waals surface area contributed by atoms with Crippen LogP contribution in [-0.4, -0.2) is 24.8 Å². The average molecular weight is 463 g/mol. The Bertz CT molecular complexity index is 1190.